The second kappa shape index (κ2) is 12.2. The third-order valence-electron chi connectivity index (χ3n) is 4.83. The molecule has 0 bridgehead atoms. The molecule has 7 heteroatoms. The molecule has 0 heterocycles. The van der Waals surface area contributed by atoms with E-state index in [9.17, 15) is 13.5 Å². The van der Waals surface area contributed by atoms with E-state index < -0.39 is 9.84 Å². The van der Waals surface area contributed by atoms with Gasteiger partial charge in [0.05, 0.1) is 10.6 Å². The lowest BCUT2D eigenvalue weighted by atomic mass is 9.87. The average molecular weight is 426 g/mol. The van der Waals surface area contributed by atoms with Gasteiger partial charge in [0, 0.05) is 26.2 Å². The van der Waals surface area contributed by atoms with Crippen LogP contribution >= 0.6 is 0 Å². The molecule has 29 heavy (non-hydrogen) atoms. The lowest BCUT2D eigenvalue weighted by molar-refractivity contribution is 0.253. The van der Waals surface area contributed by atoms with Gasteiger partial charge in [-0.1, -0.05) is 46.2 Å². The fraction of sp³-hybridized carbons (Fsp3) is 0.682. The molecule has 0 aliphatic heterocycles. The Labute approximate surface area is 177 Å². The van der Waals surface area contributed by atoms with Crippen molar-refractivity contribution < 1.29 is 13.5 Å². The molecular weight excluding hydrogens is 386 g/mol. The molecule has 0 aliphatic carbocycles. The quantitative estimate of drug-likeness (QED) is 0.374. The first-order valence-electron chi connectivity index (χ1n) is 10.6. The van der Waals surface area contributed by atoms with E-state index in [1.165, 1.54) is 0 Å². The molecule has 0 saturated carbocycles. The summed E-state index contributed by atoms with van der Waals surface area (Å²) < 4.78 is 25.3. The minimum atomic E-state index is -3.36. The average Bonchev–Trinajstić information content (AvgIpc) is 2.65. The molecule has 0 aliphatic rings. The smallest absolute Gasteiger partial charge is 0.191 e. The molecule has 3 N–H and O–H groups in total. The van der Waals surface area contributed by atoms with Gasteiger partial charge in [-0.25, -0.2) is 8.42 Å². The number of nitrogens with one attached hydrogen (secondary N) is 2. The first kappa shape index (κ1) is 25.4. The summed E-state index contributed by atoms with van der Waals surface area (Å²) in [5.74, 6) is 0.955. The maximum absolute atomic E-state index is 12.6. The maximum atomic E-state index is 12.6. The molecular formula is C22H39N3O3S. The highest BCUT2D eigenvalue weighted by Gasteiger charge is 2.18. The Hall–Kier alpha value is -1.60. The molecule has 0 aromatic heterocycles. The van der Waals surface area contributed by atoms with Crippen molar-refractivity contribution in [3.63, 3.8) is 0 Å². The molecule has 166 valence electrons. The summed E-state index contributed by atoms with van der Waals surface area (Å²) in [4.78, 5) is 4.92. The summed E-state index contributed by atoms with van der Waals surface area (Å²) >= 11 is 0. The van der Waals surface area contributed by atoms with Gasteiger partial charge in [0.15, 0.2) is 15.8 Å². The number of hydrogen-bond donors (Lipinski definition) is 3. The van der Waals surface area contributed by atoms with Gasteiger partial charge in [0.25, 0.3) is 0 Å². The number of aliphatic imine (C=N–C) groups is 1. The molecule has 0 amide bonds. The van der Waals surface area contributed by atoms with Crippen LogP contribution in [0.1, 0.15) is 59.4 Å². The van der Waals surface area contributed by atoms with Crippen molar-refractivity contribution in [2.24, 2.45) is 10.9 Å². The van der Waals surface area contributed by atoms with Gasteiger partial charge >= 0.3 is 0 Å². The fourth-order valence-electron chi connectivity index (χ4n) is 3.06. The van der Waals surface area contributed by atoms with E-state index in [-0.39, 0.29) is 24.3 Å². The molecule has 6 nitrogen and oxygen atoms in total. The Morgan fingerprint density at radius 3 is 2.28 bits per heavy atom. The largest absolute Gasteiger partial charge is 0.396 e. The number of nitrogens with zero attached hydrogens (tertiary/aromatic N) is 1. The van der Waals surface area contributed by atoms with E-state index in [1.54, 1.807) is 12.1 Å². The van der Waals surface area contributed by atoms with Crippen molar-refractivity contribution in [1.29, 1.82) is 0 Å². The summed E-state index contributed by atoms with van der Waals surface area (Å²) in [6, 6.07) is 7.17. The molecule has 0 radical (unpaired) electrons. The highest BCUT2D eigenvalue weighted by atomic mass is 32.2. The summed E-state index contributed by atoms with van der Waals surface area (Å²) in [7, 11) is -3.36. The van der Waals surface area contributed by atoms with Crippen LogP contribution in [0.4, 0.5) is 0 Å². The van der Waals surface area contributed by atoms with Crippen LogP contribution in [0.25, 0.3) is 0 Å². The third kappa shape index (κ3) is 9.17. The molecule has 1 unspecified atom stereocenters. The van der Waals surface area contributed by atoms with Crippen LogP contribution in [0.3, 0.4) is 0 Å². The zero-order chi connectivity index (χ0) is 21.9. The zero-order valence-electron chi connectivity index (χ0n) is 18.7. The second-order valence-corrected chi connectivity index (χ2v) is 10.5. The topological polar surface area (TPSA) is 90.8 Å². The predicted octanol–water partition coefficient (Wildman–Crippen LogP) is 3.11. The van der Waals surface area contributed by atoms with E-state index in [4.69, 9.17) is 0 Å². The molecule has 0 saturated heterocycles. The van der Waals surface area contributed by atoms with Crippen LogP contribution in [-0.2, 0) is 15.3 Å². The minimum absolute atomic E-state index is 0.00130. The summed E-state index contributed by atoms with van der Waals surface area (Å²) in [5, 5.41) is 15.5. The first-order valence-corrected chi connectivity index (χ1v) is 12.3. The maximum Gasteiger partial charge on any atom is 0.191 e. The van der Waals surface area contributed by atoms with Crippen molar-refractivity contribution in [2.75, 3.05) is 32.0 Å². The molecule has 0 spiro atoms. The van der Waals surface area contributed by atoms with E-state index >= 15 is 0 Å². The Bertz CT molecular complexity index is 717. The number of sulfone groups is 1. The van der Waals surface area contributed by atoms with Crippen molar-refractivity contribution in [3.8, 4) is 0 Å². The van der Waals surface area contributed by atoms with Gasteiger partial charge < -0.3 is 15.7 Å². The van der Waals surface area contributed by atoms with E-state index in [0.717, 1.165) is 24.8 Å². The van der Waals surface area contributed by atoms with E-state index in [2.05, 4.69) is 43.3 Å². The van der Waals surface area contributed by atoms with Crippen molar-refractivity contribution in [2.45, 2.75) is 64.2 Å². The van der Waals surface area contributed by atoms with Crippen molar-refractivity contribution in [1.82, 2.24) is 10.6 Å². The molecule has 1 aromatic carbocycles. The normalized spacial score (nSPS) is 13.9. The lowest BCUT2D eigenvalue weighted by Crippen LogP contribution is -2.40. The van der Waals surface area contributed by atoms with Gasteiger partial charge in [-0.3, -0.25) is 4.99 Å². The van der Waals surface area contributed by atoms with Gasteiger partial charge in [-0.15, -0.1) is 0 Å². The summed E-state index contributed by atoms with van der Waals surface area (Å²) in [6.07, 6.45) is 2.80. The van der Waals surface area contributed by atoms with E-state index in [1.807, 2.05) is 19.1 Å². The zero-order valence-corrected chi connectivity index (χ0v) is 19.5. The Morgan fingerprint density at radius 2 is 1.76 bits per heavy atom. The first-order chi connectivity index (χ1) is 13.6. The van der Waals surface area contributed by atoms with Crippen molar-refractivity contribution >= 4 is 15.8 Å². The van der Waals surface area contributed by atoms with Crippen LogP contribution in [0.5, 0.6) is 0 Å². The molecule has 1 rings (SSSR count). The van der Waals surface area contributed by atoms with Gasteiger partial charge in [0.1, 0.15) is 0 Å². The number of aliphatic hydroxyl groups is 1. The van der Waals surface area contributed by atoms with Crippen molar-refractivity contribution in [3.05, 3.63) is 29.8 Å². The SMILES string of the molecule is CCCC(CCO)CN=C(NCC)NCCS(=O)(=O)c1ccc(C(C)(C)C)cc1. The lowest BCUT2D eigenvalue weighted by Gasteiger charge is -2.19. The van der Waals surface area contributed by atoms with Gasteiger partial charge in [0.2, 0.25) is 0 Å². The van der Waals surface area contributed by atoms with Crippen LogP contribution in [0.2, 0.25) is 0 Å². The fourth-order valence-corrected chi connectivity index (χ4v) is 4.22. The Balaban J connectivity index is 2.69. The predicted molar refractivity (Wildman–Crippen MR) is 121 cm³/mol. The summed E-state index contributed by atoms with van der Waals surface area (Å²) in [5.41, 5.74) is 1.10. The summed E-state index contributed by atoms with van der Waals surface area (Å²) in [6.45, 7) is 12.2. The molecule has 1 atom stereocenters. The van der Waals surface area contributed by atoms with Crippen LogP contribution in [0.15, 0.2) is 34.2 Å². The minimum Gasteiger partial charge on any atom is -0.396 e. The number of benzene rings is 1. The van der Waals surface area contributed by atoms with Crippen LogP contribution in [0, 0.1) is 5.92 Å². The standard InChI is InChI=1S/C22H39N3O3S/c1-6-8-18(13-15-26)17-25-21(23-7-2)24-14-16-29(27,28)20-11-9-19(10-12-20)22(3,4)5/h9-12,18,26H,6-8,13-17H2,1-5H3,(H2,23,24,25). The van der Waals surface area contributed by atoms with Gasteiger partial charge in [-0.05, 0) is 48.8 Å². The van der Waals surface area contributed by atoms with Gasteiger partial charge in [-0.2, -0.15) is 0 Å². The molecule has 1 aromatic rings. The monoisotopic (exact) mass is 425 g/mol. The Kier molecular flexibility index (Phi) is 10.7. The highest BCUT2D eigenvalue weighted by Crippen LogP contribution is 2.23. The highest BCUT2D eigenvalue weighted by molar-refractivity contribution is 7.91. The third-order valence-corrected chi connectivity index (χ3v) is 6.56. The number of rotatable bonds is 11. The number of hydrogen-bond acceptors (Lipinski definition) is 4. The Morgan fingerprint density at radius 1 is 1.10 bits per heavy atom. The number of guanidine groups is 1. The number of aliphatic hydroxyl groups excluding tert-OH is 1. The van der Waals surface area contributed by atoms with Crippen LogP contribution in [-0.4, -0.2) is 51.5 Å². The van der Waals surface area contributed by atoms with E-state index in [0.29, 0.717) is 29.9 Å². The van der Waals surface area contributed by atoms with Crippen LogP contribution < -0.4 is 10.6 Å². The second-order valence-electron chi connectivity index (χ2n) is 8.41. The molecule has 0 fully saturated rings.